The minimum Gasteiger partial charge on any atom is -0.358 e. The van der Waals surface area contributed by atoms with Gasteiger partial charge in [-0.25, -0.2) is 4.98 Å². The molecule has 1 aliphatic rings. The maximum absolute atomic E-state index is 11.5. The van der Waals surface area contributed by atoms with Crippen LogP contribution in [0, 0.1) is 20.2 Å². The monoisotopic (exact) mass is 403 g/mol. The number of pyridine rings is 1. The highest BCUT2D eigenvalue weighted by Crippen LogP contribution is 2.23. The Labute approximate surface area is 163 Å². The van der Waals surface area contributed by atoms with Gasteiger partial charge in [-0.05, 0) is 22.6 Å². The van der Waals surface area contributed by atoms with Gasteiger partial charge in [0.2, 0.25) is 5.84 Å². The fraction of sp³-hybridized carbons (Fsp3) is 0.188. The first-order valence-electron chi connectivity index (χ1n) is 8.07. The third-order valence-corrected chi connectivity index (χ3v) is 4.07. The molecule has 144 valence electrons. The van der Waals surface area contributed by atoms with Crippen molar-refractivity contribution in [1.29, 1.82) is 0 Å². The van der Waals surface area contributed by atoms with E-state index in [0.29, 0.717) is 24.8 Å². The molecule has 0 saturated carbocycles. The average Bonchev–Trinajstić information content (AvgIpc) is 3.11. The van der Waals surface area contributed by atoms with E-state index in [9.17, 15) is 20.2 Å². The highest BCUT2D eigenvalue weighted by molar-refractivity contribution is 6.37. The Morgan fingerprint density at radius 1 is 1.25 bits per heavy atom. The molecular formula is C16H14ClN7O4. The summed E-state index contributed by atoms with van der Waals surface area (Å²) >= 11 is 5.77. The normalized spacial score (nSPS) is 14.0. The molecule has 3 rings (SSSR count). The highest BCUT2D eigenvalue weighted by atomic mass is 35.5. The molecule has 0 fully saturated rings. The molecule has 1 aromatic heterocycles. The zero-order valence-electron chi connectivity index (χ0n) is 14.4. The lowest BCUT2D eigenvalue weighted by atomic mass is 10.2. The van der Waals surface area contributed by atoms with Gasteiger partial charge in [0.15, 0.2) is 5.69 Å². The molecule has 12 heteroatoms. The van der Waals surface area contributed by atoms with Crippen molar-refractivity contribution in [3.8, 4) is 0 Å². The second-order valence-corrected chi connectivity index (χ2v) is 6.08. The molecule has 2 aromatic rings. The van der Waals surface area contributed by atoms with E-state index in [1.807, 2.05) is 0 Å². The van der Waals surface area contributed by atoms with Crippen LogP contribution in [0.4, 0.5) is 11.4 Å². The molecule has 2 heterocycles. The van der Waals surface area contributed by atoms with E-state index in [0.717, 1.165) is 5.56 Å². The first-order chi connectivity index (χ1) is 13.5. The van der Waals surface area contributed by atoms with Gasteiger partial charge in [0.05, 0.1) is 16.6 Å². The summed E-state index contributed by atoms with van der Waals surface area (Å²) in [6.45, 7) is 1.17. The van der Waals surface area contributed by atoms with Gasteiger partial charge in [0, 0.05) is 25.4 Å². The molecule has 0 aliphatic carbocycles. The molecule has 0 atom stereocenters. The second-order valence-electron chi connectivity index (χ2n) is 5.69. The third kappa shape index (κ3) is 4.38. The fourth-order valence-electron chi connectivity index (χ4n) is 2.58. The highest BCUT2D eigenvalue weighted by Gasteiger charge is 2.31. The number of hydrazone groups is 1. The number of nitrogens with one attached hydrogen (secondary N) is 1. The quantitative estimate of drug-likeness (QED) is 0.257. The first-order valence-corrected chi connectivity index (χ1v) is 8.45. The standard InChI is InChI=1S/C16H14ClN7O4/c17-14-6-5-11(9-19-14)10-22-8-7-18-15(22)16(24(27)28)21-20-12-3-1-2-4-13(12)23(25)26/h1-6,9,20H,7-8,10H2/b21-16-. The summed E-state index contributed by atoms with van der Waals surface area (Å²) in [6, 6.07) is 9.12. The predicted molar refractivity (Wildman–Crippen MR) is 103 cm³/mol. The number of aromatic nitrogens is 1. The predicted octanol–water partition coefficient (Wildman–Crippen LogP) is 2.56. The number of nitro benzene ring substituents is 1. The molecule has 0 spiro atoms. The summed E-state index contributed by atoms with van der Waals surface area (Å²) < 4.78 is 0. The number of rotatable bonds is 6. The van der Waals surface area contributed by atoms with E-state index in [1.54, 1.807) is 29.3 Å². The number of hydrogen-bond donors (Lipinski definition) is 1. The lowest BCUT2D eigenvalue weighted by Crippen LogP contribution is -2.37. The van der Waals surface area contributed by atoms with Crippen molar-refractivity contribution >= 4 is 34.6 Å². The Bertz CT molecular complexity index is 962. The van der Waals surface area contributed by atoms with Crippen LogP contribution >= 0.6 is 11.6 Å². The molecule has 1 N–H and O–H groups in total. The number of aliphatic imine (C=N–C) groups is 1. The van der Waals surface area contributed by atoms with Crippen molar-refractivity contribution in [2.45, 2.75) is 6.54 Å². The van der Waals surface area contributed by atoms with Gasteiger partial charge in [-0.3, -0.25) is 15.1 Å². The fourth-order valence-corrected chi connectivity index (χ4v) is 2.69. The maximum atomic E-state index is 11.5. The molecule has 11 nitrogen and oxygen atoms in total. The number of anilines is 1. The number of para-hydroxylation sites is 2. The van der Waals surface area contributed by atoms with Gasteiger partial charge in [0.25, 0.3) is 5.69 Å². The lowest BCUT2D eigenvalue weighted by Gasteiger charge is -2.18. The summed E-state index contributed by atoms with van der Waals surface area (Å²) in [5, 5.41) is 26.7. The molecular weight excluding hydrogens is 390 g/mol. The Morgan fingerprint density at radius 2 is 2.04 bits per heavy atom. The van der Waals surface area contributed by atoms with Crippen LogP contribution in [0.1, 0.15) is 5.56 Å². The van der Waals surface area contributed by atoms with Gasteiger partial charge in [0.1, 0.15) is 5.15 Å². The van der Waals surface area contributed by atoms with E-state index in [4.69, 9.17) is 11.6 Å². The van der Waals surface area contributed by atoms with Crippen LogP contribution in [0.5, 0.6) is 0 Å². The topological polar surface area (TPSA) is 139 Å². The van der Waals surface area contributed by atoms with Crippen molar-refractivity contribution in [1.82, 2.24) is 9.88 Å². The van der Waals surface area contributed by atoms with Crippen LogP contribution in [0.2, 0.25) is 5.15 Å². The van der Waals surface area contributed by atoms with Gasteiger partial charge in [-0.15, -0.1) is 0 Å². The van der Waals surface area contributed by atoms with Gasteiger partial charge in [-0.2, -0.15) is 5.43 Å². The maximum Gasteiger partial charge on any atom is 0.430 e. The molecule has 0 amide bonds. The average molecular weight is 404 g/mol. The van der Waals surface area contributed by atoms with Crippen LogP contribution in [-0.2, 0) is 6.54 Å². The lowest BCUT2D eigenvalue weighted by molar-refractivity contribution is -0.384. The zero-order chi connectivity index (χ0) is 20.1. The number of benzene rings is 1. The Hall–Kier alpha value is -3.60. The minimum atomic E-state index is -0.682. The van der Waals surface area contributed by atoms with Gasteiger partial charge >= 0.3 is 5.84 Å². The van der Waals surface area contributed by atoms with Crippen molar-refractivity contribution in [3.63, 3.8) is 0 Å². The molecule has 0 saturated heterocycles. The Balaban J connectivity index is 1.83. The number of nitrogens with zero attached hydrogens (tertiary/aromatic N) is 6. The van der Waals surface area contributed by atoms with Crippen molar-refractivity contribution in [2.24, 2.45) is 10.1 Å². The smallest absolute Gasteiger partial charge is 0.358 e. The molecule has 0 bridgehead atoms. The molecule has 1 aromatic carbocycles. The van der Waals surface area contributed by atoms with Crippen LogP contribution < -0.4 is 5.43 Å². The largest absolute Gasteiger partial charge is 0.430 e. The van der Waals surface area contributed by atoms with Crippen LogP contribution in [0.3, 0.4) is 0 Å². The molecule has 0 radical (unpaired) electrons. The second kappa shape index (κ2) is 8.39. The number of amidine groups is 2. The van der Waals surface area contributed by atoms with E-state index in [1.165, 1.54) is 18.2 Å². The van der Waals surface area contributed by atoms with Crippen LogP contribution in [-0.4, -0.2) is 44.5 Å². The molecule has 28 heavy (non-hydrogen) atoms. The number of nitro groups is 2. The summed E-state index contributed by atoms with van der Waals surface area (Å²) in [5.41, 5.74) is 3.01. The number of hydrogen-bond acceptors (Lipinski definition) is 9. The third-order valence-electron chi connectivity index (χ3n) is 3.85. The molecule has 1 aliphatic heterocycles. The SMILES string of the molecule is O=[N+]([O-])/C(=N\Nc1ccccc1[N+](=O)[O-])C1=NCCN1Cc1ccc(Cl)nc1. The van der Waals surface area contributed by atoms with E-state index < -0.39 is 15.7 Å². The van der Waals surface area contributed by atoms with Crippen molar-refractivity contribution in [3.05, 3.63) is 73.5 Å². The summed E-state index contributed by atoms with van der Waals surface area (Å²) in [7, 11) is 0. The summed E-state index contributed by atoms with van der Waals surface area (Å²) in [6.07, 6.45) is 1.58. The van der Waals surface area contributed by atoms with E-state index in [-0.39, 0.29) is 17.2 Å². The van der Waals surface area contributed by atoms with Crippen LogP contribution in [0.15, 0.2) is 52.7 Å². The van der Waals surface area contributed by atoms with Crippen LogP contribution in [0.25, 0.3) is 0 Å². The van der Waals surface area contributed by atoms with Crippen molar-refractivity contribution < 1.29 is 9.85 Å². The van der Waals surface area contributed by atoms with Crippen molar-refractivity contribution in [2.75, 3.05) is 18.5 Å². The Morgan fingerprint density at radius 3 is 2.71 bits per heavy atom. The summed E-state index contributed by atoms with van der Waals surface area (Å²) in [5.74, 6) is -0.441. The minimum absolute atomic E-state index is 0.0406. The Kier molecular flexibility index (Phi) is 5.75. The van der Waals surface area contributed by atoms with Gasteiger partial charge < -0.3 is 15.0 Å². The van der Waals surface area contributed by atoms with Gasteiger partial charge in [-0.1, -0.05) is 29.8 Å². The first kappa shape index (κ1) is 19.2. The summed E-state index contributed by atoms with van der Waals surface area (Å²) in [4.78, 5) is 31.2. The molecule has 0 unspecified atom stereocenters. The number of halogens is 1. The van der Waals surface area contributed by atoms with E-state index in [2.05, 4.69) is 20.5 Å². The zero-order valence-corrected chi connectivity index (χ0v) is 15.1. The van der Waals surface area contributed by atoms with E-state index >= 15 is 0 Å².